The molecular formula is C26H27N3O4S. The minimum atomic E-state index is -3.74. The van der Waals surface area contributed by atoms with Gasteiger partial charge in [-0.2, -0.15) is 0 Å². The largest absolute Gasteiger partial charge is 0.352 e. The van der Waals surface area contributed by atoms with Crippen molar-refractivity contribution in [2.45, 2.75) is 24.3 Å². The molecular weight excluding hydrogens is 450 g/mol. The van der Waals surface area contributed by atoms with Crippen molar-refractivity contribution in [3.63, 3.8) is 0 Å². The van der Waals surface area contributed by atoms with E-state index in [9.17, 15) is 18.0 Å². The quantitative estimate of drug-likeness (QED) is 0.543. The lowest BCUT2D eigenvalue weighted by molar-refractivity contribution is -0.126. The highest BCUT2D eigenvalue weighted by molar-refractivity contribution is 7.92. The molecule has 2 N–H and O–H groups in total. The van der Waals surface area contributed by atoms with Crippen molar-refractivity contribution < 1.29 is 18.0 Å². The van der Waals surface area contributed by atoms with Crippen LogP contribution in [0.25, 0.3) is 0 Å². The van der Waals surface area contributed by atoms with E-state index < -0.39 is 10.0 Å². The van der Waals surface area contributed by atoms with Crippen molar-refractivity contribution in [1.82, 2.24) is 10.2 Å². The Morgan fingerprint density at radius 3 is 2.18 bits per heavy atom. The van der Waals surface area contributed by atoms with E-state index in [1.807, 2.05) is 30.3 Å². The molecule has 34 heavy (non-hydrogen) atoms. The molecule has 4 rings (SSSR count). The first kappa shape index (κ1) is 23.5. The monoisotopic (exact) mass is 477 g/mol. The van der Waals surface area contributed by atoms with Crippen molar-refractivity contribution >= 4 is 27.5 Å². The fourth-order valence-corrected chi connectivity index (χ4v) is 5.06. The van der Waals surface area contributed by atoms with Crippen LogP contribution in [0.3, 0.4) is 0 Å². The normalized spacial score (nSPS) is 14.4. The zero-order valence-electron chi connectivity index (χ0n) is 18.7. The fourth-order valence-electron chi connectivity index (χ4n) is 3.99. The van der Waals surface area contributed by atoms with Crippen LogP contribution in [0.1, 0.15) is 28.8 Å². The Morgan fingerprint density at radius 1 is 0.853 bits per heavy atom. The van der Waals surface area contributed by atoms with Crippen LogP contribution in [0.2, 0.25) is 0 Å². The van der Waals surface area contributed by atoms with Gasteiger partial charge < -0.3 is 10.2 Å². The van der Waals surface area contributed by atoms with E-state index in [1.54, 1.807) is 47.4 Å². The molecule has 1 fully saturated rings. The lowest BCUT2D eigenvalue weighted by Crippen LogP contribution is -2.42. The van der Waals surface area contributed by atoms with Crippen LogP contribution < -0.4 is 10.0 Å². The number of hydrogen-bond acceptors (Lipinski definition) is 4. The highest BCUT2D eigenvalue weighted by atomic mass is 32.2. The molecule has 1 aliphatic rings. The maximum Gasteiger partial charge on any atom is 0.261 e. The smallest absolute Gasteiger partial charge is 0.261 e. The van der Waals surface area contributed by atoms with Gasteiger partial charge in [-0.05, 0) is 48.7 Å². The van der Waals surface area contributed by atoms with Gasteiger partial charge in [-0.3, -0.25) is 14.3 Å². The van der Waals surface area contributed by atoms with Gasteiger partial charge in [0.05, 0.1) is 4.90 Å². The summed E-state index contributed by atoms with van der Waals surface area (Å²) in [7, 11) is -3.74. The van der Waals surface area contributed by atoms with Crippen LogP contribution in [0.15, 0.2) is 89.8 Å². The molecule has 176 valence electrons. The van der Waals surface area contributed by atoms with E-state index in [0.717, 1.165) is 5.56 Å². The van der Waals surface area contributed by atoms with Crippen LogP contribution in [0.4, 0.5) is 5.69 Å². The van der Waals surface area contributed by atoms with Crippen molar-refractivity contribution in [3.05, 3.63) is 96.1 Å². The second kappa shape index (κ2) is 10.5. The predicted octanol–water partition coefficient (Wildman–Crippen LogP) is 3.66. The first-order chi connectivity index (χ1) is 16.4. The number of amides is 2. The number of hydrogen-bond donors (Lipinski definition) is 2. The molecule has 0 radical (unpaired) electrons. The molecule has 0 aliphatic carbocycles. The van der Waals surface area contributed by atoms with E-state index >= 15 is 0 Å². The summed E-state index contributed by atoms with van der Waals surface area (Å²) >= 11 is 0. The molecule has 1 aliphatic heterocycles. The summed E-state index contributed by atoms with van der Waals surface area (Å²) < 4.78 is 27.7. The molecule has 3 aromatic carbocycles. The first-order valence-corrected chi connectivity index (χ1v) is 12.7. The summed E-state index contributed by atoms with van der Waals surface area (Å²) in [5, 5.41) is 2.98. The summed E-state index contributed by atoms with van der Waals surface area (Å²) in [6, 6.07) is 24.3. The van der Waals surface area contributed by atoms with Gasteiger partial charge in [0.15, 0.2) is 0 Å². The van der Waals surface area contributed by atoms with Gasteiger partial charge in [0.2, 0.25) is 5.91 Å². The zero-order chi connectivity index (χ0) is 24.0. The number of likely N-dealkylation sites (tertiary alicyclic amines) is 1. The number of carbonyl (C=O) groups is 2. The maximum atomic E-state index is 13.0. The molecule has 0 bridgehead atoms. The van der Waals surface area contributed by atoms with Gasteiger partial charge in [0.1, 0.15) is 0 Å². The fraction of sp³-hybridized carbons (Fsp3) is 0.231. The molecule has 2 amide bonds. The highest BCUT2D eigenvalue weighted by Gasteiger charge is 2.28. The summed E-state index contributed by atoms with van der Waals surface area (Å²) in [5.41, 5.74) is 1.77. The third-order valence-electron chi connectivity index (χ3n) is 5.88. The van der Waals surface area contributed by atoms with Crippen LogP contribution in [0, 0.1) is 5.92 Å². The predicted molar refractivity (Wildman–Crippen MR) is 131 cm³/mol. The van der Waals surface area contributed by atoms with Crippen molar-refractivity contribution in [2.75, 3.05) is 17.8 Å². The molecule has 8 heteroatoms. The van der Waals surface area contributed by atoms with Crippen molar-refractivity contribution in [1.29, 1.82) is 0 Å². The van der Waals surface area contributed by atoms with Gasteiger partial charge in [-0.15, -0.1) is 0 Å². The Balaban J connectivity index is 1.33. The Kier molecular flexibility index (Phi) is 7.27. The summed E-state index contributed by atoms with van der Waals surface area (Å²) in [4.78, 5) is 27.4. The molecule has 1 saturated heterocycles. The molecule has 0 aromatic heterocycles. The SMILES string of the molecule is O=C(NCc1ccccc1)C1CCN(C(=O)c2cccc(NS(=O)(=O)c3ccccc3)c2)CC1. The van der Waals surface area contributed by atoms with E-state index in [4.69, 9.17) is 0 Å². The Bertz CT molecular complexity index is 1240. The number of anilines is 1. The Morgan fingerprint density at radius 2 is 1.50 bits per heavy atom. The lowest BCUT2D eigenvalue weighted by atomic mass is 9.95. The number of nitrogens with zero attached hydrogens (tertiary/aromatic N) is 1. The molecule has 0 unspecified atom stereocenters. The maximum absolute atomic E-state index is 13.0. The molecule has 7 nitrogen and oxygen atoms in total. The van der Waals surface area contributed by atoms with E-state index in [1.165, 1.54) is 12.1 Å². The van der Waals surface area contributed by atoms with Crippen LogP contribution in [-0.2, 0) is 21.4 Å². The van der Waals surface area contributed by atoms with Crippen LogP contribution >= 0.6 is 0 Å². The molecule has 0 spiro atoms. The number of nitrogens with one attached hydrogen (secondary N) is 2. The van der Waals surface area contributed by atoms with Gasteiger partial charge in [-0.25, -0.2) is 8.42 Å². The van der Waals surface area contributed by atoms with Crippen LogP contribution in [0.5, 0.6) is 0 Å². The first-order valence-electron chi connectivity index (χ1n) is 11.2. The number of sulfonamides is 1. The molecule has 0 atom stereocenters. The average Bonchev–Trinajstić information content (AvgIpc) is 2.88. The topological polar surface area (TPSA) is 95.6 Å². The van der Waals surface area contributed by atoms with E-state index in [0.29, 0.717) is 43.7 Å². The summed E-state index contributed by atoms with van der Waals surface area (Å²) in [5.74, 6) is -0.297. The standard InChI is InChI=1S/C26H27N3O4S/c30-25(27-19-20-8-3-1-4-9-20)21-14-16-29(17-15-21)26(31)22-10-7-11-23(18-22)28-34(32,33)24-12-5-2-6-13-24/h1-13,18,21,28H,14-17,19H2,(H,27,30). The minimum Gasteiger partial charge on any atom is -0.352 e. The van der Waals surface area contributed by atoms with Crippen LogP contribution in [-0.4, -0.2) is 38.2 Å². The van der Waals surface area contributed by atoms with Gasteiger partial charge in [-0.1, -0.05) is 54.6 Å². The summed E-state index contributed by atoms with van der Waals surface area (Å²) in [6.45, 7) is 1.44. The van der Waals surface area contributed by atoms with Gasteiger partial charge in [0, 0.05) is 36.8 Å². The molecule has 1 heterocycles. The Hall–Kier alpha value is -3.65. The number of rotatable bonds is 7. The van der Waals surface area contributed by atoms with Crippen molar-refractivity contribution in [3.8, 4) is 0 Å². The minimum absolute atomic E-state index is 0.00766. The number of piperidine rings is 1. The van der Waals surface area contributed by atoms with Gasteiger partial charge >= 0.3 is 0 Å². The van der Waals surface area contributed by atoms with Gasteiger partial charge in [0.25, 0.3) is 15.9 Å². The van der Waals surface area contributed by atoms with E-state index in [-0.39, 0.29) is 22.6 Å². The molecule has 0 saturated carbocycles. The van der Waals surface area contributed by atoms with E-state index in [2.05, 4.69) is 10.0 Å². The Labute approximate surface area is 199 Å². The summed E-state index contributed by atoms with van der Waals surface area (Å²) in [6.07, 6.45) is 1.18. The molecule has 3 aromatic rings. The second-order valence-corrected chi connectivity index (χ2v) is 9.95. The lowest BCUT2D eigenvalue weighted by Gasteiger charge is -2.31. The highest BCUT2D eigenvalue weighted by Crippen LogP contribution is 2.22. The zero-order valence-corrected chi connectivity index (χ0v) is 19.5. The average molecular weight is 478 g/mol. The second-order valence-electron chi connectivity index (χ2n) is 8.27. The van der Waals surface area contributed by atoms with Crippen molar-refractivity contribution in [2.24, 2.45) is 5.92 Å². The number of benzene rings is 3. The third kappa shape index (κ3) is 5.82. The number of carbonyl (C=O) groups excluding carboxylic acids is 2. The third-order valence-corrected chi connectivity index (χ3v) is 7.27.